The Morgan fingerprint density at radius 2 is 1.80 bits per heavy atom. The van der Waals surface area contributed by atoms with E-state index in [1.165, 1.54) is 11.1 Å². The van der Waals surface area contributed by atoms with Gasteiger partial charge < -0.3 is 0 Å². The van der Waals surface area contributed by atoms with Crippen molar-refractivity contribution in [2.24, 2.45) is 0 Å². The summed E-state index contributed by atoms with van der Waals surface area (Å²) in [5.74, 6) is -0.893. The van der Waals surface area contributed by atoms with Crippen LogP contribution < -0.4 is 5.43 Å². The highest BCUT2D eigenvalue weighted by molar-refractivity contribution is 6.33. The number of halogens is 1. The first-order valence-electron chi connectivity index (χ1n) is 7.64. The minimum absolute atomic E-state index is 0.292. The smallest absolute Gasteiger partial charge is 0.267 e. The number of hydrogen-bond acceptors (Lipinski definition) is 3. The van der Waals surface area contributed by atoms with Gasteiger partial charge in [-0.25, -0.2) is 5.01 Å². The molecule has 0 bridgehead atoms. The third-order valence-electron chi connectivity index (χ3n) is 3.45. The SMILES string of the molecule is CC(C)(C)N(NC(=O)c1cccc(C#N)c1)C(=O)c1ccccc1Cl. The summed E-state index contributed by atoms with van der Waals surface area (Å²) in [5, 5.41) is 10.5. The Hall–Kier alpha value is -2.84. The van der Waals surface area contributed by atoms with Crippen LogP contribution in [-0.4, -0.2) is 22.4 Å². The molecule has 2 aromatic rings. The predicted molar refractivity (Wildman–Crippen MR) is 96.0 cm³/mol. The minimum Gasteiger partial charge on any atom is -0.267 e. The fourth-order valence-electron chi connectivity index (χ4n) is 2.17. The summed E-state index contributed by atoms with van der Waals surface area (Å²) in [6, 6.07) is 14.9. The third-order valence-corrected chi connectivity index (χ3v) is 3.77. The monoisotopic (exact) mass is 355 g/mol. The fraction of sp³-hybridized carbons (Fsp3) is 0.211. The summed E-state index contributed by atoms with van der Waals surface area (Å²) in [5.41, 5.74) is 2.90. The van der Waals surface area contributed by atoms with E-state index in [0.717, 1.165) is 0 Å². The lowest BCUT2D eigenvalue weighted by atomic mass is 10.1. The van der Waals surface area contributed by atoms with E-state index in [0.29, 0.717) is 21.7 Å². The second kappa shape index (κ2) is 7.37. The molecule has 1 N–H and O–H groups in total. The van der Waals surface area contributed by atoms with Crippen molar-refractivity contribution < 1.29 is 9.59 Å². The summed E-state index contributed by atoms with van der Waals surface area (Å²) in [6.45, 7) is 5.40. The van der Waals surface area contributed by atoms with Gasteiger partial charge in [0.1, 0.15) is 0 Å². The Balaban J connectivity index is 2.33. The molecule has 0 aliphatic heterocycles. The van der Waals surface area contributed by atoms with Crippen molar-refractivity contribution in [3.63, 3.8) is 0 Å². The van der Waals surface area contributed by atoms with E-state index in [2.05, 4.69) is 5.43 Å². The highest BCUT2D eigenvalue weighted by Crippen LogP contribution is 2.21. The van der Waals surface area contributed by atoms with Gasteiger partial charge in [-0.05, 0) is 51.1 Å². The molecule has 0 radical (unpaired) electrons. The molecule has 6 heteroatoms. The first-order valence-corrected chi connectivity index (χ1v) is 8.02. The number of carbonyl (C=O) groups excluding carboxylic acids is 2. The molecule has 0 atom stereocenters. The third kappa shape index (κ3) is 4.37. The van der Waals surface area contributed by atoms with Crippen LogP contribution in [0.3, 0.4) is 0 Å². The molecule has 2 rings (SSSR count). The summed E-state index contributed by atoms with van der Waals surface area (Å²) in [4.78, 5) is 25.4. The lowest BCUT2D eigenvalue weighted by Gasteiger charge is -2.35. The molecule has 0 heterocycles. The molecular weight excluding hydrogens is 338 g/mol. The summed E-state index contributed by atoms with van der Waals surface area (Å²) < 4.78 is 0. The average Bonchev–Trinajstić information content (AvgIpc) is 2.58. The molecule has 2 amide bonds. The van der Waals surface area contributed by atoms with E-state index >= 15 is 0 Å². The van der Waals surface area contributed by atoms with Crippen molar-refractivity contribution in [1.29, 1.82) is 5.26 Å². The zero-order valence-electron chi connectivity index (χ0n) is 14.2. The van der Waals surface area contributed by atoms with Gasteiger partial charge in [-0.15, -0.1) is 0 Å². The number of nitrogens with zero attached hydrogens (tertiary/aromatic N) is 2. The summed E-state index contributed by atoms with van der Waals surface area (Å²) in [7, 11) is 0. The number of rotatable bonds is 2. The standard InChI is InChI=1S/C19H18ClN3O2/c1-19(2,3)23(18(25)15-9-4-5-10-16(15)20)22-17(24)14-8-6-7-13(11-14)12-21/h4-11H,1-3H3,(H,22,24). The first-order chi connectivity index (χ1) is 11.7. The molecule has 0 spiro atoms. The van der Waals surface area contributed by atoms with E-state index in [4.69, 9.17) is 16.9 Å². The van der Waals surface area contributed by atoms with E-state index in [1.807, 2.05) is 6.07 Å². The molecule has 0 fully saturated rings. The molecule has 5 nitrogen and oxygen atoms in total. The quantitative estimate of drug-likeness (QED) is 0.833. The van der Waals surface area contributed by atoms with Gasteiger partial charge in [0.25, 0.3) is 11.8 Å². The van der Waals surface area contributed by atoms with Gasteiger partial charge in [0.2, 0.25) is 0 Å². The van der Waals surface area contributed by atoms with Crippen LogP contribution in [-0.2, 0) is 0 Å². The number of hydrazine groups is 1. The maximum atomic E-state index is 12.9. The van der Waals surface area contributed by atoms with Gasteiger partial charge in [-0.2, -0.15) is 5.26 Å². The maximum absolute atomic E-state index is 12.9. The van der Waals surface area contributed by atoms with Crippen LogP contribution in [0.5, 0.6) is 0 Å². The molecule has 0 aromatic heterocycles. The average molecular weight is 356 g/mol. The highest BCUT2D eigenvalue weighted by atomic mass is 35.5. The molecule has 0 unspecified atom stereocenters. The van der Waals surface area contributed by atoms with Crippen LogP contribution in [0.15, 0.2) is 48.5 Å². The van der Waals surface area contributed by atoms with E-state index in [9.17, 15) is 9.59 Å². The highest BCUT2D eigenvalue weighted by Gasteiger charge is 2.30. The normalized spacial score (nSPS) is 10.7. The van der Waals surface area contributed by atoms with Crippen LogP contribution in [0.25, 0.3) is 0 Å². The lowest BCUT2D eigenvalue weighted by molar-refractivity contribution is 0.0359. The minimum atomic E-state index is -0.682. The van der Waals surface area contributed by atoms with Gasteiger partial charge in [0.15, 0.2) is 0 Å². The van der Waals surface area contributed by atoms with Crippen LogP contribution in [0.2, 0.25) is 5.02 Å². The molecule has 0 aliphatic carbocycles. The Bertz CT molecular complexity index is 850. The summed E-state index contributed by atoms with van der Waals surface area (Å²) >= 11 is 6.11. The van der Waals surface area contributed by atoms with Crippen LogP contribution in [0.4, 0.5) is 0 Å². The molecule has 2 aromatic carbocycles. The van der Waals surface area contributed by atoms with Crippen molar-refractivity contribution in [2.75, 3.05) is 0 Å². The van der Waals surface area contributed by atoms with Gasteiger partial charge in [-0.3, -0.25) is 15.0 Å². The van der Waals surface area contributed by atoms with Crippen molar-refractivity contribution in [3.8, 4) is 6.07 Å². The Kier molecular flexibility index (Phi) is 5.45. The molecule has 0 aliphatic rings. The van der Waals surface area contributed by atoms with Crippen LogP contribution >= 0.6 is 11.6 Å². The first kappa shape index (κ1) is 18.5. The molecule has 0 saturated carbocycles. The van der Waals surface area contributed by atoms with Crippen molar-refractivity contribution in [1.82, 2.24) is 10.4 Å². The number of carbonyl (C=O) groups is 2. The lowest BCUT2D eigenvalue weighted by Crippen LogP contribution is -2.55. The van der Waals surface area contributed by atoms with Gasteiger partial charge >= 0.3 is 0 Å². The predicted octanol–water partition coefficient (Wildman–Crippen LogP) is 3.80. The van der Waals surface area contributed by atoms with Crippen molar-refractivity contribution in [3.05, 3.63) is 70.2 Å². The second-order valence-corrected chi connectivity index (χ2v) is 6.83. The molecular formula is C19H18ClN3O2. The van der Waals surface area contributed by atoms with Gasteiger partial charge in [0, 0.05) is 5.56 Å². The second-order valence-electron chi connectivity index (χ2n) is 6.42. The van der Waals surface area contributed by atoms with E-state index < -0.39 is 17.4 Å². The van der Waals surface area contributed by atoms with E-state index in [1.54, 1.807) is 63.2 Å². The van der Waals surface area contributed by atoms with Gasteiger partial charge in [0.05, 0.1) is 27.8 Å². The fourth-order valence-corrected chi connectivity index (χ4v) is 2.39. The maximum Gasteiger partial charge on any atom is 0.274 e. The summed E-state index contributed by atoms with van der Waals surface area (Å²) in [6.07, 6.45) is 0. The zero-order chi connectivity index (χ0) is 18.6. The topological polar surface area (TPSA) is 73.2 Å². The number of amides is 2. The Morgan fingerprint density at radius 1 is 1.12 bits per heavy atom. The van der Waals surface area contributed by atoms with Gasteiger partial charge in [-0.1, -0.05) is 29.8 Å². The van der Waals surface area contributed by atoms with Crippen molar-refractivity contribution in [2.45, 2.75) is 26.3 Å². The Morgan fingerprint density at radius 3 is 2.40 bits per heavy atom. The van der Waals surface area contributed by atoms with E-state index in [-0.39, 0.29) is 0 Å². The number of hydrogen-bond donors (Lipinski definition) is 1. The molecule has 0 saturated heterocycles. The number of nitriles is 1. The molecule has 128 valence electrons. The number of nitrogens with one attached hydrogen (secondary N) is 1. The Labute approximate surface area is 151 Å². The largest absolute Gasteiger partial charge is 0.274 e. The van der Waals surface area contributed by atoms with Crippen LogP contribution in [0.1, 0.15) is 47.1 Å². The zero-order valence-corrected chi connectivity index (χ0v) is 15.0. The number of benzene rings is 2. The van der Waals surface area contributed by atoms with Crippen molar-refractivity contribution >= 4 is 23.4 Å². The van der Waals surface area contributed by atoms with Crippen LogP contribution in [0, 0.1) is 11.3 Å². The molecule has 25 heavy (non-hydrogen) atoms.